The third kappa shape index (κ3) is 3.31. The third-order valence-electron chi connectivity index (χ3n) is 5.06. The zero-order valence-electron chi connectivity index (χ0n) is 14.1. The monoisotopic (exact) mass is 341 g/mol. The molecular formula is C18H23N5O2. The molecule has 0 spiro atoms. The van der Waals surface area contributed by atoms with Crippen molar-refractivity contribution >= 4 is 28.6 Å². The molecule has 1 saturated carbocycles. The molecule has 7 heteroatoms. The quantitative estimate of drug-likeness (QED) is 0.878. The molecular weight excluding hydrogens is 318 g/mol. The third-order valence-corrected chi connectivity index (χ3v) is 5.06. The van der Waals surface area contributed by atoms with Crippen LogP contribution >= 0.6 is 0 Å². The number of nitrogens with two attached hydrogens (primary N) is 2. The number of nitrogens with zero attached hydrogens (tertiary/aromatic N) is 3. The van der Waals surface area contributed by atoms with Gasteiger partial charge in [0.25, 0.3) is 0 Å². The van der Waals surface area contributed by atoms with Gasteiger partial charge in [0.2, 0.25) is 11.9 Å². The van der Waals surface area contributed by atoms with Gasteiger partial charge in [-0.3, -0.25) is 4.79 Å². The molecule has 2 aromatic rings. The number of rotatable bonds is 4. The fourth-order valence-corrected chi connectivity index (χ4v) is 3.43. The Morgan fingerprint density at radius 1 is 1.16 bits per heavy atom. The van der Waals surface area contributed by atoms with Gasteiger partial charge >= 0.3 is 0 Å². The predicted molar refractivity (Wildman–Crippen MR) is 95.9 cm³/mol. The van der Waals surface area contributed by atoms with E-state index in [9.17, 15) is 4.79 Å². The second-order valence-electron chi connectivity index (χ2n) is 6.97. The highest BCUT2D eigenvalue weighted by atomic mass is 16.5. The average molecular weight is 341 g/mol. The summed E-state index contributed by atoms with van der Waals surface area (Å²) in [5.41, 5.74) is 12.3. The van der Waals surface area contributed by atoms with Gasteiger partial charge in [0.1, 0.15) is 11.6 Å². The minimum atomic E-state index is 0.162. The number of carbonyl (C=O) groups excluding carboxylic acids is 1. The Labute approximate surface area is 146 Å². The van der Waals surface area contributed by atoms with E-state index in [1.165, 1.54) is 0 Å². The molecule has 1 aliphatic heterocycles. The number of aromatic nitrogens is 2. The van der Waals surface area contributed by atoms with Gasteiger partial charge < -0.3 is 21.1 Å². The molecule has 0 unspecified atom stereocenters. The van der Waals surface area contributed by atoms with Gasteiger partial charge in [-0.15, -0.1) is 0 Å². The van der Waals surface area contributed by atoms with Crippen LogP contribution in [-0.4, -0.2) is 40.5 Å². The molecule has 0 bridgehead atoms. The molecule has 1 aromatic carbocycles. The zero-order chi connectivity index (χ0) is 17.4. The van der Waals surface area contributed by atoms with Crippen LogP contribution in [0.5, 0.6) is 5.75 Å². The van der Waals surface area contributed by atoms with Crippen LogP contribution in [-0.2, 0) is 4.79 Å². The molecule has 1 saturated heterocycles. The first-order valence-electron chi connectivity index (χ1n) is 8.85. The van der Waals surface area contributed by atoms with Gasteiger partial charge in [-0.2, -0.15) is 4.98 Å². The number of nitrogen functional groups attached to an aromatic ring is 2. The lowest BCUT2D eigenvalue weighted by Gasteiger charge is -2.32. The van der Waals surface area contributed by atoms with E-state index in [0.717, 1.165) is 38.8 Å². The fraction of sp³-hybridized carbons (Fsp3) is 0.500. The number of likely N-dealkylation sites (tertiary alicyclic amines) is 1. The fourth-order valence-electron chi connectivity index (χ4n) is 3.43. The van der Waals surface area contributed by atoms with Gasteiger partial charge in [0, 0.05) is 19.0 Å². The number of hydrogen-bond acceptors (Lipinski definition) is 6. The SMILES string of the molecule is Nc1nc(N)c2c(OCC3CCN(C(=O)C4CC4)CC3)cccc2n1. The van der Waals surface area contributed by atoms with Crippen molar-refractivity contribution in [3.8, 4) is 5.75 Å². The maximum atomic E-state index is 12.1. The van der Waals surface area contributed by atoms with Gasteiger partial charge in [-0.25, -0.2) is 4.98 Å². The molecule has 4 rings (SSSR count). The number of anilines is 2. The minimum absolute atomic E-state index is 0.162. The van der Waals surface area contributed by atoms with Crippen LogP contribution < -0.4 is 16.2 Å². The molecule has 4 N–H and O–H groups in total. The maximum absolute atomic E-state index is 12.1. The molecule has 2 aliphatic rings. The molecule has 0 atom stereocenters. The van der Waals surface area contributed by atoms with E-state index in [0.29, 0.717) is 46.8 Å². The Hall–Kier alpha value is -2.57. The second kappa shape index (κ2) is 6.38. The van der Waals surface area contributed by atoms with Crippen molar-refractivity contribution in [3.05, 3.63) is 18.2 Å². The van der Waals surface area contributed by atoms with Crippen molar-refractivity contribution in [2.45, 2.75) is 25.7 Å². The summed E-state index contributed by atoms with van der Waals surface area (Å²) in [6, 6.07) is 5.60. The minimum Gasteiger partial charge on any atom is -0.492 e. The smallest absolute Gasteiger partial charge is 0.225 e. The molecule has 1 amide bonds. The van der Waals surface area contributed by atoms with Gasteiger partial charge in [0.15, 0.2) is 0 Å². The van der Waals surface area contributed by atoms with Crippen molar-refractivity contribution in [2.24, 2.45) is 11.8 Å². The second-order valence-corrected chi connectivity index (χ2v) is 6.97. The topological polar surface area (TPSA) is 107 Å². The van der Waals surface area contributed by atoms with E-state index < -0.39 is 0 Å². The summed E-state index contributed by atoms with van der Waals surface area (Å²) in [7, 11) is 0. The lowest BCUT2D eigenvalue weighted by atomic mass is 9.97. The highest BCUT2D eigenvalue weighted by molar-refractivity contribution is 5.94. The standard InChI is InChI=1S/C18H23N5O2/c19-16-15-13(21-18(20)22-16)2-1-3-14(15)25-10-11-6-8-23(9-7-11)17(24)12-4-5-12/h1-3,11-12H,4-10H2,(H4,19,20,21,22). The van der Waals surface area contributed by atoms with Crippen LogP contribution in [0.4, 0.5) is 11.8 Å². The highest BCUT2D eigenvalue weighted by Crippen LogP contribution is 2.33. The summed E-state index contributed by atoms with van der Waals surface area (Å²) in [4.78, 5) is 22.4. The Morgan fingerprint density at radius 2 is 1.92 bits per heavy atom. The van der Waals surface area contributed by atoms with Crippen molar-refractivity contribution in [3.63, 3.8) is 0 Å². The summed E-state index contributed by atoms with van der Waals surface area (Å²) in [6.45, 7) is 2.27. The zero-order valence-corrected chi connectivity index (χ0v) is 14.1. The van der Waals surface area contributed by atoms with E-state index in [2.05, 4.69) is 9.97 Å². The number of carbonyl (C=O) groups is 1. The van der Waals surface area contributed by atoms with E-state index >= 15 is 0 Å². The molecule has 7 nitrogen and oxygen atoms in total. The first kappa shape index (κ1) is 15.9. The van der Waals surface area contributed by atoms with Crippen LogP contribution in [0.15, 0.2) is 18.2 Å². The van der Waals surface area contributed by atoms with Crippen LogP contribution in [0.2, 0.25) is 0 Å². The largest absolute Gasteiger partial charge is 0.492 e. The van der Waals surface area contributed by atoms with Crippen molar-refractivity contribution in [2.75, 3.05) is 31.2 Å². The molecule has 2 fully saturated rings. The molecule has 132 valence electrons. The van der Waals surface area contributed by atoms with Crippen LogP contribution in [0, 0.1) is 11.8 Å². The number of hydrogen-bond donors (Lipinski definition) is 2. The van der Waals surface area contributed by atoms with E-state index in [4.69, 9.17) is 16.2 Å². The molecule has 0 radical (unpaired) electrons. The Kier molecular flexibility index (Phi) is 4.07. The van der Waals surface area contributed by atoms with Crippen LogP contribution in [0.25, 0.3) is 10.9 Å². The van der Waals surface area contributed by atoms with Gasteiger partial charge in [-0.05, 0) is 43.7 Å². The van der Waals surface area contributed by atoms with Crippen LogP contribution in [0.1, 0.15) is 25.7 Å². The van der Waals surface area contributed by atoms with Crippen molar-refractivity contribution in [1.82, 2.24) is 14.9 Å². The predicted octanol–water partition coefficient (Wildman–Crippen LogP) is 1.82. The summed E-state index contributed by atoms with van der Waals surface area (Å²) in [5, 5.41) is 0.707. The highest BCUT2D eigenvalue weighted by Gasteiger charge is 2.34. The van der Waals surface area contributed by atoms with Crippen LogP contribution in [0.3, 0.4) is 0 Å². The molecule has 1 aromatic heterocycles. The van der Waals surface area contributed by atoms with E-state index in [1.54, 1.807) is 0 Å². The first-order valence-corrected chi connectivity index (χ1v) is 8.85. The maximum Gasteiger partial charge on any atom is 0.225 e. The lowest BCUT2D eigenvalue weighted by molar-refractivity contribution is -0.134. The summed E-state index contributed by atoms with van der Waals surface area (Å²) in [5.74, 6) is 2.27. The van der Waals surface area contributed by atoms with Gasteiger partial charge in [0.05, 0.1) is 17.5 Å². The van der Waals surface area contributed by atoms with E-state index in [-0.39, 0.29) is 5.95 Å². The Bertz CT molecular complexity index is 797. The summed E-state index contributed by atoms with van der Waals surface area (Å²) in [6.07, 6.45) is 4.08. The normalized spacial score (nSPS) is 18.5. The number of ether oxygens (including phenoxy) is 1. The average Bonchev–Trinajstić information content (AvgIpc) is 3.44. The van der Waals surface area contributed by atoms with Gasteiger partial charge in [-0.1, -0.05) is 6.07 Å². The molecule has 2 heterocycles. The number of fused-ring (bicyclic) bond motifs is 1. The lowest BCUT2D eigenvalue weighted by Crippen LogP contribution is -2.40. The molecule has 25 heavy (non-hydrogen) atoms. The number of piperidine rings is 1. The first-order chi connectivity index (χ1) is 12.1. The van der Waals surface area contributed by atoms with Crippen molar-refractivity contribution < 1.29 is 9.53 Å². The molecule has 1 aliphatic carbocycles. The number of amides is 1. The Balaban J connectivity index is 1.39. The Morgan fingerprint density at radius 3 is 2.64 bits per heavy atom. The summed E-state index contributed by atoms with van der Waals surface area (Å²) < 4.78 is 6.03. The summed E-state index contributed by atoms with van der Waals surface area (Å²) >= 11 is 0. The van der Waals surface area contributed by atoms with E-state index in [1.807, 2.05) is 23.1 Å². The number of benzene rings is 1. The van der Waals surface area contributed by atoms with Crippen molar-refractivity contribution in [1.29, 1.82) is 0 Å².